The van der Waals surface area contributed by atoms with E-state index in [4.69, 9.17) is 0 Å². The molecule has 1 atom stereocenters. The second-order valence-corrected chi connectivity index (χ2v) is 7.64. The molecule has 94 valence electrons. The van der Waals surface area contributed by atoms with E-state index in [1.54, 1.807) is 0 Å². The van der Waals surface area contributed by atoms with E-state index in [9.17, 15) is 0 Å². The lowest BCUT2D eigenvalue weighted by Gasteiger charge is -2.57. The van der Waals surface area contributed by atoms with Crippen LogP contribution in [0.2, 0.25) is 0 Å². The van der Waals surface area contributed by atoms with E-state index in [1.165, 1.54) is 32.5 Å². The highest BCUT2D eigenvalue weighted by molar-refractivity contribution is 5.10. The van der Waals surface area contributed by atoms with Crippen LogP contribution in [0.3, 0.4) is 0 Å². The van der Waals surface area contributed by atoms with Gasteiger partial charge in [-0.1, -0.05) is 0 Å². The highest BCUT2D eigenvalue weighted by Gasteiger charge is 2.53. The van der Waals surface area contributed by atoms with Gasteiger partial charge in [0.2, 0.25) is 0 Å². The first kappa shape index (κ1) is 12.4. The van der Waals surface area contributed by atoms with Gasteiger partial charge in [0, 0.05) is 36.3 Å². The molecule has 0 amide bonds. The Labute approximate surface area is 101 Å². The molecule has 0 aromatic heterocycles. The van der Waals surface area contributed by atoms with E-state index in [0.717, 1.165) is 0 Å². The van der Waals surface area contributed by atoms with Crippen molar-refractivity contribution in [3.8, 4) is 0 Å². The average molecular weight is 224 g/mol. The average Bonchev–Trinajstić information content (AvgIpc) is 2.42. The zero-order valence-corrected chi connectivity index (χ0v) is 11.9. The second-order valence-electron chi connectivity index (χ2n) is 7.64. The van der Waals surface area contributed by atoms with E-state index >= 15 is 0 Å². The summed E-state index contributed by atoms with van der Waals surface area (Å²) in [5, 5.41) is 0. The van der Waals surface area contributed by atoms with Crippen molar-refractivity contribution in [2.45, 2.75) is 71.0 Å². The fourth-order valence-corrected chi connectivity index (χ4v) is 3.44. The summed E-state index contributed by atoms with van der Waals surface area (Å²) >= 11 is 0. The minimum Gasteiger partial charge on any atom is -0.297 e. The van der Waals surface area contributed by atoms with E-state index in [-0.39, 0.29) is 0 Å². The first-order chi connectivity index (χ1) is 7.15. The van der Waals surface area contributed by atoms with Crippen molar-refractivity contribution in [3.63, 3.8) is 0 Å². The quantitative estimate of drug-likeness (QED) is 0.624. The van der Waals surface area contributed by atoms with Gasteiger partial charge in [-0.2, -0.15) is 0 Å². The van der Waals surface area contributed by atoms with Crippen LogP contribution in [0.1, 0.15) is 54.4 Å². The summed E-state index contributed by atoms with van der Waals surface area (Å²) in [6.07, 6.45) is 2.76. The third-order valence-electron chi connectivity index (χ3n) is 4.46. The maximum Gasteiger partial charge on any atom is 0.0366 e. The largest absolute Gasteiger partial charge is 0.297 e. The van der Waals surface area contributed by atoms with E-state index in [2.05, 4.69) is 51.3 Å². The molecule has 1 unspecified atom stereocenters. The van der Waals surface area contributed by atoms with Gasteiger partial charge in [0.15, 0.2) is 0 Å². The van der Waals surface area contributed by atoms with Gasteiger partial charge in [0.05, 0.1) is 0 Å². The Morgan fingerprint density at radius 3 is 1.69 bits per heavy atom. The van der Waals surface area contributed by atoms with Crippen LogP contribution in [0.15, 0.2) is 0 Å². The zero-order valence-electron chi connectivity index (χ0n) is 11.9. The van der Waals surface area contributed by atoms with Gasteiger partial charge in [-0.05, 0) is 54.4 Å². The molecular weight excluding hydrogens is 196 g/mol. The molecule has 0 aliphatic carbocycles. The van der Waals surface area contributed by atoms with Gasteiger partial charge < -0.3 is 0 Å². The number of nitrogens with zero attached hydrogens (tertiary/aromatic N) is 2. The van der Waals surface area contributed by atoms with Crippen LogP contribution in [0.5, 0.6) is 0 Å². The normalized spacial score (nSPS) is 33.4. The lowest BCUT2D eigenvalue weighted by atomic mass is 9.79. The summed E-state index contributed by atoms with van der Waals surface area (Å²) < 4.78 is 0. The van der Waals surface area contributed by atoms with Gasteiger partial charge in [0.1, 0.15) is 0 Å². The Morgan fingerprint density at radius 1 is 0.812 bits per heavy atom. The maximum atomic E-state index is 2.73. The van der Waals surface area contributed by atoms with Crippen molar-refractivity contribution in [3.05, 3.63) is 0 Å². The number of rotatable bonds is 0. The summed E-state index contributed by atoms with van der Waals surface area (Å²) in [5.41, 5.74) is 1.18. The molecule has 2 aliphatic heterocycles. The molecule has 2 nitrogen and oxygen atoms in total. The molecule has 0 bridgehead atoms. The highest BCUT2D eigenvalue weighted by Crippen LogP contribution is 2.44. The second kappa shape index (κ2) is 3.46. The lowest BCUT2D eigenvalue weighted by molar-refractivity contribution is -0.0768. The van der Waals surface area contributed by atoms with Crippen molar-refractivity contribution in [2.75, 3.05) is 19.6 Å². The van der Waals surface area contributed by atoms with Crippen LogP contribution in [-0.4, -0.2) is 46.1 Å². The molecular formula is C14H28N2. The van der Waals surface area contributed by atoms with Crippen LogP contribution in [0, 0.1) is 0 Å². The van der Waals surface area contributed by atoms with Crippen molar-refractivity contribution in [2.24, 2.45) is 0 Å². The van der Waals surface area contributed by atoms with Crippen molar-refractivity contribution in [1.29, 1.82) is 0 Å². The third kappa shape index (κ3) is 1.91. The number of hydrogen-bond donors (Lipinski definition) is 0. The molecule has 0 aromatic carbocycles. The van der Waals surface area contributed by atoms with E-state index in [0.29, 0.717) is 16.6 Å². The van der Waals surface area contributed by atoms with Crippen LogP contribution >= 0.6 is 0 Å². The monoisotopic (exact) mass is 224 g/mol. The summed E-state index contributed by atoms with van der Waals surface area (Å²) in [7, 11) is 0. The Kier molecular flexibility index (Phi) is 2.67. The maximum absolute atomic E-state index is 2.73. The molecule has 2 saturated heterocycles. The van der Waals surface area contributed by atoms with Crippen molar-refractivity contribution in [1.82, 2.24) is 9.80 Å². The van der Waals surface area contributed by atoms with Gasteiger partial charge >= 0.3 is 0 Å². The van der Waals surface area contributed by atoms with Gasteiger partial charge in [0.25, 0.3) is 0 Å². The fraction of sp³-hybridized carbons (Fsp3) is 1.00. The third-order valence-corrected chi connectivity index (χ3v) is 4.46. The minimum absolute atomic E-state index is 0.336. The Morgan fingerprint density at radius 2 is 1.38 bits per heavy atom. The van der Waals surface area contributed by atoms with Gasteiger partial charge in [-0.15, -0.1) is 0 Å². The molecule has 2 rings (SSSR count). The summed E-state index contributed by atoms with van der Waals surface area (Å²) in [6, 6.07) is 0. The summed E-state index contributed by atoms with van der Waals surface area (Å²) in [6.45, 7) is 17.9. The van der Waals surface area contributed by atoms with Crippen LogP contribution in [0.25, 0.3) is 0 Å². The molecule has 2 aliphatic rings. The highest BCUT2D eigenvalue weighted by atomic mass is 15.4. The van der Waals surface area contributed by atoms with E-state index in [1.807, 2.05) is 0 Å². The first-order valence-electron chi connectivity index (χ1n) is 6.68. The molecule has 16 heavy (non-hydrogen) atoms. The van der Waals surface area contributed by atoms with Crippen LogP contribution < -0.4 is 0 Å². The molecule has 2 heterocycles. The van der Waals surface area contributed by atoms with Crippen LogP contribution in [-0.2, 0) is 0 Å². The molecule has 0 N–H and O–H groups in total. The summed E-state index contributed by atoms with van der Waals surface area (Å²) in [5.74, 6) is 0. The standard InChI is InChI=1S/C14H28N2/c1-12(2,3)15-9-7-14(11-15)8-10-16(14)13(4,5)6/h7-11H2,1-6H3. The fourth-order valence-electron chi connectivity index (χ4n) is 3.44. The van der Waals surface area contributed by atoms with Crippen molar-refractivity contribution >= 4 is 0 Å². The molecule has 0 radical (unpaired) electrons. The van der Waals surface area contributed by atoms with Crippen LogP contribution in [0.4, 0.5) is 0 Å². The smallest absolute Gasteiger partial charge is 0.0366 e. The first-order valence-corrected chi connectivity index (χ1v) is 6.68. The molecule has 2 fully saturated rings. The summed E-state index contributed by atoms with van der Waals surface area (Å²) in [4.78, 5) is 5.39. The molecule has 2 heteroatoms. The Bertz CT molecular complexity index is 271. The topological polar surface area (TPSA) is 6.48 Å². The van der Waals surface area contributed by atoms with E-state index < -0.39 is 0 Å². The predicted octanol–water partition coefficient (Wildman–Crippen LogP) is 2.73. The molecule has 1 spiro atoms. The number of likely N-dealkylation sites (tertiary alicyclic amines) is 2. The lowest BCUT2D eigenvalue weighted by Crippen LogP contribution is -2.67. The zero-order chi connectivity index (χ0) is 12.2. The molecule has 0 saturated carbocycles. The van der Waals surface area contributed by atoms with Gasteiger partial charge in [-0.3, -0.25) is 9.80 Å². The predicted molar refractivity (Wildman–Crippen MR) is 69.8 cm³/mol. The number of hydrogen-bond acceptors (Lipinski definition) is 2. The van der Waals surface area contributed by atoms with Crippen molar-refractivity contribution < 1.29 is 0 Å². The molecule has 0 aromatic rings. The SMILES string of the molecule is CC(C)(C)N1CCC2(CCN2C(C)(C)C)C1. The Balaban J connectivity index is 2.08. The minimum atomic E-state index is 0.336. The van der Waals surface area contributed by atoms with Gasteiger partial charge in [-0.25, -0.2) is 0 Å². The Hall–Kier alpha value is -0.0800.